The number of nitrogens with zero attached hydrogens (tertiary/aromatic N) is 2. The number of nitrogens with one attached hydrogen (secondary N) is 2. The summed E-state index contributed by atoms with van der Waals surface area (Å²) in [5.41, 5.74) is 0.673. The predicted molar refractivity (Wildman–Crippen MR) is 157 cm³/mol. The predicted octanol–water partition coefficient (Wildman–Crippen LogP) is 3.75. The summed E-state index contributed by atoms with van der Waals surface area (Å²) in [6, 6.07) is 8.69. The summed E-state index contributed by atoms with van der Waals surface area (Å²) in [5.74, 6) is -0.583. The molecule has 3 N–H and O–H groups in total. The molecule has 12 heteroatoms. The third kappa shape index (κ3) is 7.91. The number of anilines is 1. The van der Waals surface area contributed by atoms with Gasteiger partial charge in [0, 0.05) is 36.8 Å². The average Bonchev–Trinajstić information content (AvgIpc) is 3.00. The van der Waals surface area contributed by atoms with Crippen LogP contribution in [0.2, 0.25) is 0 Å². The van der Waals surface area contributed by atoms with Crippen molar-refractivity contribution >= 4 is 27.6 Å². The molecule has 1 fully saturated rings. The normalized spacial score (nSPS) is 20.8. The van der Waals surface area contributed by atoms with Gasteiger partial charge in [-0.2, -0.15) is 0 Å². The quantitative estimate of drug-likeness (QED) is 0.421. The van der Waals surface area contributed by atoms with Gasteiger partial charge < -0.3 is 25.0 Å². The summed E-state index contributed by atoms with van der Waals surface area (Å²) in [6.07, 6.45) is 4.74. The van der Waals surface area contributed by atoms with E-state index in [-0.39, 0.29) is 54.1 Å². The minimum absolute atomic E-state index is 0.0801. The largest absolute Gasteiger partial charge is 0.488 e. The van der Waals surface area contributed by atoms with Crippen LogP contribution in [-0.4, -0.2) is 80.2 Å². The molecule has 0 bridgehead atoms. The first kappa shape index (κ1) is 31.6. The second-order valence-electron chi connectivity index (χ2n) is 11.4. The molecule has 1 saturated carbocycles. The number of rotatable bonds is 8. The van der Waals surface area contributed by atoms with Crippen LogP contribution in [-0.2, 0) is 21.2 Å². The fourth-order valence-corrected chi connectivity index (χ4v) is 6.47. The van der Waals surface area contributed by atoms with E-state index in [0.717, 1.165) is 37.8 Å². The van der Waals surface area contributed by atoms with Gasteiger partial charge in [-0.05, 0) is 62.2 Å². The fraction of sp³-hybridized carbons (Fsp3) is 0.533. The first-order chi connectivity index (χ1) is 20.0. The number of amides is 3. The van der Waals surface area contributed by atoms with E-state index >= 15 is 0 Å². The summed E-state index contributed by atoms with van der Waals surface area (Å²) in [5, 5.41) is 13.0. The number of aliphatic hydroxyl groups excluding tert-OH is 1. The lowest BCUT2D eigenvalue weighted by atomic mass is 9.96. The van der Waals surface area contributed by atoms with Crippen LogP contribution in [0.5, 0.6) is 5.75 Å². The monoisotopic (exact) mass is 604 g/mol. The maximum Gasteiger partial charge on any atom is 0.317 e. The number of carbonyl (C=O) groups is 2. The maximum atomic E-state index is 13.4. The number of urea groups is 1. The summed E-state index contributed by atoms with van der Waals surface area (Å²) >= 11 is 0. The Kier molecular flexibility index (Phi) is 10.3. The van der Waals surface area contributed by atoms with E-state index < -0.39 is 28.0 Å². The Morgan fingerprint density at radius 3 is 2.52 bits per heavy atom. The zero-order valence-electron chi connectivity index (χ0n) is 24.4. The molecule has 1 aliphatic heterocycles. The molecule has 2 aliphatic rings. The number of carbonyl (C=O) groups excluding carboxylic acids is 2. The zero-order chi connectivity index (χ0) is 30.4. The fourth-order valence-electron chi connectivity index (χ4n) is 5.42. The molecule has 1 heterocycles. The summed E-state index contributed by atoms with van der Waals surface area (Å²) in [6.45, 7) is 4.04. The SMILES string of the molecule is C[C@H]1CN([C@@H](C)CO)C(=O)Cc2cc(NS(=O)(=O)c3ccc(F)cc3)ccc2O[C@@H]1CN(C)C(=O)NC1CCCCC1. The van der Waals surface area contributed by atoms with Gasteiger partial charge in [-0.25, -0.2) is 17.6 Å². The van der Waals surface area contributed by atoms with E-state index in [0.29, 0.717) is 17.9 Å². The van der Waals surface area contributed by atoms with Gasteiger partial charge in [-0.15, -0.1) is 0 Å². The van der Waals surface area contributed by atoms with Crippen molar-refractivity contribution in [1.29, 1.82) is 0 Å². The van der Waals surface area contributed by atoms with Crippen molar-refractivity contribution in [3.05, 3.63) is 53.8 Å². The number of likely N-dealkylation sites (N-methyl/N-ethyl adjacent to an activating group) is 1. The molecule has 4 rings (SSSR count). The van der Waals surface area contributed by atoms with E-state index in [2.05, 4.69) is 10.0 Å². The molecule has 0 unspecified atom stereocenters. The molecule has 1 aliphatic carbocycles. The Morgan fingerprint density at radius 1 is 1.17 bits per heavy atom. The number of benzene rings is 2. The van der Waals surface area contributed by atoms with Crippen LogP contribution in [0.4, 0.5) is 14.9 Å². The highest BCUT2D eigenvalue weighted by Gasteiger charge is 2.32. The van der Waals surface area contributed by atoms with Crippen LogP contribution in [0.25, 0.3) is 0 Å². The van der Waals surface area contributed by atoms with Crippen molar-refractivity contribution in [3.63, 3.8) is 0 Å². The molecule has 0 radical (unpaired) electrons. The molecular weight excluding hydrogens is 563 g/mol. The summed E-state index contributed by atoms with van der Waals surface area (Å²) in [7, 11) is -2.30. The molecule has 10 nitrogen and oxygen atoms in total. The number of aliphatic hydroxyl groups is 1. The Balaban J connectivity index is 1.59. The number of halogens is 1. The van der Waals surface area contributed by atoms with E-state index in [1.807, 2.05) is 6.92 Å². The molecule has 3 amide bonds. The van der Waals surface area contributed by atoms with Crippen LogP contribution in [0, 0.1) is 11.7 Å². The van der Waals surface area contributed by atoms with Crippen molar-refractivity contribution in [1.82, 2.24) is 15.1 Å². The van der Waals surface area contributed by atoms with E-state index in [4.69, 9.17) is 4.74 Å². The molecule has 2 aromatic carbocycles. The van der Waals surface area contributed by atoms with Crippen LogP contribution in [0.1, 0.15) is 51.5 Å². The molecule has 2 aromatic rings. The molecule has 0 saturated heterocycles. The number of hydrogen-bond donors (Lipinski definition) is 3. The highest BCUT2D eigenvalue weighted by atomic mass is 32.2. The van der Waals surface area contributed by atoms with Crippen LogP contribution in [0.15, 0.2) is 47.4 Å². The highest BCUT2D eigenvalue weighted by molar-refractivity contribution is 7.92. The van der Waals surface area contributed by atoms with E-state index in [1.54, 1.807) is 35.9 Å². The minimum atomic E-state index is -4.02. The van der Waals surface area contributed by atoms with Crippen molar-refractivity contribution in [3.8, 4) is 5.75 Å². The minimum Gasteiger partial charge on any atom is -0.488 e. The van der Waals surface area contributed by atoms with Gasteiger partial charge in [0.2, 0.25) is 5.91 Å². The molecule has 0 aromatic heterocycles. The van der Waals surface area contributed by atoms with E-state index in [1.165, 1.54) is 24.6 Å². The van der Waals surface area contributed by atoms with Gasteiger partial charge in [0.1, 0.15) is 17.7 Å². The second kappa shape index (κ2) is 13.7. The summed E-state index contributed by atoms with van der Waals surface area (Å²) in [4.78, 5) is 29.6. The van der Waals surface area contributed by atoms with Gasteiger partial charge in [0.05, 0.1) is 30.5 Å². The average molecular weight is 605 g/mol. The van der Waals surface area contributed by atoms with E-state index in [9.17, 15) is 27.5 Å². The lowest BCUT2D eigenvalue weighted by Gasteiger charge is -2.34. The molecule has 42 heavy (non-hydrogen) atoms. The second-order valence-corrected chi connectivity index (χ2v) is 13.1. The third-order valence-corrected chi connectivity index (χ3v) is 9.42. The Morgan fingerprint density at radius 2 is 1.86 bits per heavy atom. The van der Waals surface area contributed by atoms with Crippen LogP contribution >= 0.6 is 0 Å². The number of sulfonamides is 1. The Labute approximate surface area is 247 Å². The van der Waals surface area contributed by atoms with Gasteiger partial charge in [-0.3, -0.25) is 9.52 Å². The smallest absolute Gasteiger partial charge is 0.317 e. The molecular formula is C30H41FN4O6S. The zero-order valence-corrected chi connectivity index (χ0v) is 25.2. The maximum absolute atomic E-state index is 13.4. The van der Waals surface area contributed by atoms with Gasteiger partial charge in [0.25, 0.3) is 10.0 Å². The first-order valence-electron chi connectivity index (χ1n) is 14.5. The topological polar surface area (TPSA) is 128 Å². The Bertz CT molecular complexity index is 1350. The third-order valence-electron chi connectivity index (χ3n) is 8.03. The van der Waals surface area contributed by atoms with Crippen molar-refractivity contribution in [2.75, 3.05) is 31.5 Å². The Hall–Kier alpha value is -3.38. The van der Waals surface area contributed by atoms with Crippen LogP contribution < -0.4 is 14.8 Å². The lowest BCUT2D eigenvalue weighted by Crippen LogP contribution is -2.50. The lowest BCUT2D eigenvalue weighted by molar-refractivity contribution is -0.134. The van der Waals surface area contributed by atoms with Crippen LogP contribution in [0.3, 0.4) is 0 Å². The van der Waals surface area contributed by atoms with Crippen molar-refractivity contribution < 1.29 is 32.2 Å². The molecule has 0 spiro atoms. The molecule has 230 valence electrons. The van der Waals surface area contributed by atoms with Gasteiger partial charge >= 0.3 is 6.03 Å². The summed E-state index contributed by atoms with van der Waals surface area (Å²) < 4.78 is 48.1. The first-order valence-corrected chi connectivity index (χ1v) is 15.9. The van der Waals surface area contributed by atoms with Crippen molar-refractivity contribution in [2.24, 2.45) is 5.92 Å². The number of hydrogen-bond acceptors (Lipinski definition) is 6. The van der Waals surface area contributed by atoms with Gasteiger partial charge in [-0.1, -0.05) is 26.2 Å². The number of fused-ring (bicyclic) bond motifs is 1. The van der Waals surface area contributed by atoms with Crippen molar-refractivity contribution in [2.45, 2.75) is 75.5 Å². The van der Waals surface area contributed by atoms with Gasteiger partial charge in [0.15, 0.2) is 0 Å². The highest BCUT2D eigenvalue weighted by Crippen LogP contribution is 2.30. The number of ether oxygens (including phenoxy) is 1. The molecule has 3 atom stereocenters. The standard InChI is InChI=1S/C30H41FN4O6S/c1-20-17-35(21(2)19-36)29(37)16-22-15-25(33-42(39,40)26-12-9-23(31)10-13-26)11-14-27(22)41-28(20)18-34(3)30(38)32-24-7-5-4-6-8-24/h9-15,20-21,24,28,33,36H,4-8,16-19H2,1-3H3,(H,32,38)/t20-,21-,28+/m0/s1.